The summed E-state index contributed by atoms with van der Waals surface area (Å²) in [6.07, 6.45) is 2.00. The fraction of sp³-hybridized carbons (Fsp3) is 0.226. The largest absolute Gasteiger partial charge is 0.486 e. The Labute approximate surface area is 264 Å². The highest BCUT2D eigenvalue weighted by Crippen LogP contribution is 2.31. The van der Waals surface area contributed by atoms with Crippen molar-refractivity contribution in [1.29, 1.82) is 0 Å². The molecule has 0 aliphatic carbocycles. The maximum Gasteiger partial charge on any atom is 0.293 e. The molecule has 46 heavy (non-hydrogen) atoms. The van der Waals surface area contributed by atoms with E-state index in [1.54, 1.807) is 6.07 Å². The molecule has 4 aromatic rings. The second-order valence-electron chi connectivity index (χ2n) is 10.6. The predicted molar refractivity (Wildman–Crippen MR) is 165 cm³/mol. The first kappa shape index (κ1) is 33.7. The fourth-order valence-electron chi connectivity index (χ4n) is 4.47. The van der Waals surface area contributed by atoms with E-state index >= 15 is 0 Å². The van der Waals surface area contributed by atoms with Crippen LogP contribution < -0.4 is 15.6 Å². The van der Waals surface area contributed by atoms with Gasteiger partial charge in [-0.15, -0.1) is 0 Å². The average molecular weight is 630 g/mol. The molecule has 234 valence electrons. The van der Waals surface area contributed by atoms with Gasteiger partial charge in [0.05, 0.1) is 27.8 Å². The lowest BCUT2D eigenvalue weighted by atomic mass is 9.49. The van der Waals surface area contributed by atoms with Gasteiger partial charge in [-0.05, 0) is 48.9 Å². The van der Waals surface area contributed by atoms with Crippen molar-refractivity contribution in [2.24, 2.45) is 0 Å². The molecule has 1 unspecified atom stereocenters. The third-order valence-corrected chi connectivity index (χ3v) is 6.82. The minimum atomic E-state index is -1.94. The molecule has 2 heterocycles. The van der Waals surface area contributed by atoms with Crippen molar-refractivity contribution in [2.75, 3.05) is 19.4 Å². The van der Waals surface area contributed by atoms with E-state index in [9.17, 15) is 32.3 Å². The first-order valence-electron chi connectivity index (χ1n) is 13.7. The number of nitrogens with one attached hydrogen (secondary N) is 2. The molecule has 15 heteroatoms. The van der Waals surface area contributed by atoms with Crippen LogP contribution in [0.15, 0.2) is 71.7 Å². The van der Waals surface area contributed by atoms with Crippen LogP contribution in [-0.4, -0.2) is 68.6 Å². The number of nitrogens with zero attached hydrogens (tertiary/aromatic N) is 2. The van der Waals surface area contributed by atoms with Gasteiger partial charge < -0.3 is 29.2 Å². The standard InChI is InChI=1S/C31H27B2F3N4O6/c1-39(2)26(42)6-3-9-31(32,33)28(46-17-41)29(43)38-24-5-4-10-40(30(24)44)15-22-12-19-11-21(35)14-25(27(19)37-22)45-16-18-7-8-20(34)13-23(18)36/h3-8,10-14,17,28,37H,9,15-16H2,1-2H3,(H,38,43)/b6-3+. The van der Waals surface area contributed by atoms with Crippen molar-refractivity contribution in [2.45, 2.75) is 30.9 Å². The van der Waals surface area contributed by atoms with Crippen LogP contribution in [-0.2, 0) is 32.3 Å². The zero-order valence-electron chi connectivity index (χ0n) is 24.8. The number of benzene rings is 2. The van der Waals surface area contributed by atoms with Gasteiger partial charge in [0.15, 0.2) is 6.10 Å². The van der Waals surface area contributed by atoms with Crippen molar-refractivity contribution in [3.05, 3.63) is 106 Å². The summed E-state index contributed by atoms with van der Waals surface area (Å²) < 4.78 is 53.5. The molecule has 0 bridgehead atoms. The van der Waals surface area contributed by atoms with Crippen molar-refractivity contribution < 1.29 is 37.0 Å². The first-order chi connectivity index (χ1) is 21.8. The number of fused-ring (bicyclic) bond motifs is 1. The molecule has 2 aromatic carbocycles. The lowest BCUT2D eigenvalue weighted by molar-refractivity contribution is -0.143. The van der Waals surface area contributed by atoms with E-state index in [1.165, 1.54) is 66.2 Å². The molecule has 0 aliphatic heterocycles. The smallest absolute Gasteiger partial charge is 0.293 e. The quantitative estimate of drug-likeness (QED) is 0.133. The minimum Gasteiger partial charge on any atom is -0.486 e. The molecule has 2 amide bonds. The van der Waals surface area contributed by atoms with Gasteiger partial charge in [0.2, 0.25) is 5.91 Å². The highest BCUT2D eigenvalue weighted by atomic mass is 19.1. The highest BCUT2D eigenvalue weighted by Gasteiger charge is 2.35. The van der Waals surface area contributed by atoms with Gasteiger partial charge in [-0.25, -0.2) is 13.2 Å². The fourth-order valence-corrected chi connectivity index (χ4v) is 4.47. The summed E-state index contributed by atoms with van der Waals surface area (Å²) in [7, 11) is 15.2. The Bertz CT molecular complexity index is 1860. The molecule has 4 rings (SSSR count). The molecule has 2 N–H and O–H groups in total. The molecule has 10 nitrogen and oxygen atoms in total. The molecule has 2 aromatic heterocycles. The van der Waals surface area contributed by atoms with Gasteiger partial charge in [0, 0.05) is 49.1 Å². The Hall–Kier alpha value is -5.20. The Morgan fingerprint density at radius 2 is 1.87 bits per heavy atom. The number of aromatic amines is 1. The number of likely N-dealkylation sites (N-methyl/N-ethyl adjacent to an activating group) is 1. The number of H-pyrrole nitrogens is 1. The minimum absolute atomic E-state index is 0.0104. The molecule has 0 saturated heterocycles. The molecule has 0 spiro atoms. The van der Waals surface area contributed by atoms with E-state index in [1.807, 2.05) is 0 Å². The maximum absolute atomic E-state index is 14.4. The molecular formula is C31H27B2F3N4O6. The third kappa shape index (κ3) is 8.09. The van der Waals surface area contributed by atoms with E-state index in [0.717, 1.165) is 12.1 Å². The number of pyridine rings is 1. The lowest BCUT2D eigenvalue weighted by Crippen LogP contribution is -2.42. The monoisotopic (exact) mass is 630 g/mol. The van der Waals surface area contributed by atoms with Gasteiger partial charge in [0.25, 0.3) is 17.9 Å². The van der Waals surface area contributed by atoms with Crippen LogP contribution in [0, 0.1) is 17.5 Å². The zero-order chi connectivity index (χ0) is 33.6. The second-order valence-corrected chi connectivity index (χ2v) is 10.6. The Morgan fingerprint density at radius 3 is 2.57 bits per heavy atom. The Balaban J connectivity index is 1.52. The maximum atomic E-state index is 14.4. The average Bonchev–Trinajstić information content (AvgIpc) is 3.39. The number of halogens is 3. The summed E-state index contributed by atoms with van der Waals surface area (Å²) in [4.78, 5) is 53.6. The van der Waals surface area contributed by atoms with Gasteiger partial charge in [-0.2, -0.15) is 0 Å². The number of carbonyl (C=O) groups excluding carboxylic acids is 3. The van der Waals surface area contributed by atoms with Crippen molar-refractivity contribution >= 4 is 50.6 Å². The van der Waals surface area contributed by atoms with E-state index in [-0.39, 0.29) is 49.0 Å². The normalized spacial score (nSPS) is 12.2. The number of ether oxygens (including phenoxy) is 2. The van der Waals surface area contributed by atoms with E-state index < -0.39 is 40.2 Å². The number of allylic oxidation sites excluding steroid dienone is 1. The Morgan fingerprint density at radius 1 is 1.11 bits per heavy atom. The summed E-state index contributed by atoms with van der Waals surface area (Å²) in [5.41, 5.74) is 0.0507. The second kappa shape index (κ2) is 14.3. The molecule has 4 radical (unpaired) electrons. The van der Waals surface area contributed by atoms with Crippen molar-refractivity contribution in [3.63, 3.8) is 0 Å². The van der Waals surface area contributed by atoms with E-state index in [0.29, 0.717) is 22.7 Å². The SMILES string of the molecule is [B]C([B])(C/C=C/C(=O)N(C)C)C(OC=O)C(=O)Nc1cccn(Cc2cc3cc(F)cc(OCc4ccc(F)cc4F)c3[nH]2)c1=O. The number of carbonyl (C=O) groups is 3. The van der Waals surface area contributed by atoms with Crippen LogP contribution in [0.1, 0.15) is 17.7 Å². The number of anilines is 1. The van der Waals surface area contributed by atoms with Gasteiger partial charge in [-0.3, -0.25) is 19.2 Å². The molecule has 0 aliphatic rings. The van der Waals surface area contributed by atoms with Gasteiger partial charge in [0.1, 0.15) is 35.5 Å². The van der Waals surface area contributed by atoms with Gasteiger partial charge in [-0.1, -0.05) is 11.3 Å². The number of aromatic nitrogens is 2. The summed E-state index contributed by atoms with van der Waals surface area (Å²) in [5, 5.41) is 0.841. The van der Waals surface area contributed by atoms with Crippen LogP contribution in [0.25, 0.3) is 10.9 Å². The van der Waals surface area contributed by atoms with E-state index in [2.05, 4.69) is 10.3 Å². The number of rotatable bonds is 13. The molecule has 0 fully saturated rings. The van der Waals surface area contributed by atoms with Crippen LogP contribution in [0.3, 0.4) is 0 Å². The van der Waals surface area contributed by atoms with E-state index in [4.69, 9.17) is 25.2 Å². The van der Waals surface area contributed by atoms with Crippen LogP contribution in [0.5, 0.6) is 5.75 Å². The van der Waals surface area contributed by atoms with Crippen molar-refractivity contribution in [1.82, 2.24) is 14.5 Å². The summed E-state index contributed by atoms with van der Waals surface area (Å²) >= 11 is 0. The molecule has 0 saturated carbocycles. The highest BCUT2D eigenvalue weighted by molar-refractivity contribution is 6.42. The zero-order valence-corrected chi connectivity index (χ0v) is 24.8. The number of amides is 2. The van der Waals surface area contributed by atoms with Gasteiger partial charge >= 0.3 is 0 Å². The van der Waals surface area contributed by atoms with Crippen LogP contribution in [0.4, 0.5) is 18.9 Å². The van der Waals surface area contributed by atoms with Crippen molar-refractivity contribution in [3.8, 4) is 5.75 Å². The summed E-state index contributed by atoms with van der Waals surface area (Å²) in [6.45, 7) is -0.364. The number of hydrogen-bond acceptors (Lipinski definition) is 6. The number of hydrogen-bond donors (Lipinski definition) is 2. The summed E-state index contributed by atoms with van der Waals surface area (Å²) in [6, 6.07) is 9.75. The van der Waals surface area contributed by atoms with Crippen LogP contribution >= 0.6 is 0 Å². The predicted octanol–water partition coefficient (Wildman–Crippen LogP) is 3.34. The third-order valence-electron chi connectivity index (χ3n) is 6.82. The topological polar surface area (TPSA) is 123 Å². The molecule has 1 atom stereocenters. The van der Waals surface area contributed by atoms with Crippen LogP contribution in [0.2, 0.25) is 5.21 Å². The first-order valence-corrected chi connectivity index (χ1v) is 13.7. The molecular weight excluding hydrogens is 603 g/mol. The summed E-state index contributed by atoms with van der Waals surface area (Å²) in [5.74, 6) is -3.47. The lowest BCUT2D eigenvalue weighted by Gasteiger charge is -2.31. The Kier molecular flexibility index (Phi) is 10.4.